The molecular formula is C38H36F4O7S. The lowest BCUT2D eigenvalue weighted by Gasteiger charge is -2.21. The van der Waals surface area contributed by atoms with Gasteiger partial charge in [-0.15, -0.1) is 0 Å². The molecule has 1 N–H and O–H groups in total. The largest absolute Gasteiger partial charge is 0.493 e. The van der Waals surface area contributed by atoms with Crippen molar-refractivity contribution in [3.8, 4) is 51.0 Å². The molecule has 2 aliphatic heterocycles. The second-order valence-corrected chi connectivity index (χ2v) is 14.6. The number of hydrogen-bond donors (Lipinski definition) is 1. The van der Waals surface area contributed by atoms with Crippen molar-refractivity contribution < 1.29 is 51.1 Å². The number of fused-ring (bicyclic) bond motifs is 2. The normalized spacial score (nSPS) is 15.8. The van der Waals surface area contributed by atoms with Crippen molar-refractivity contribution in [1.82, 2.24) is 0 Å². The molecule has 0 radical (unpaired) electrons. The Morgan fingerprint density at radius 3 is 1.64 bits per heavy atom. The first-order chi connectivity index (χ1) is 23.6. The molecule has 1 unspecified atom stereocenters. The van der Waals surface area contributed by atoms with E-state index >= 15 is 17.6 Å². The minimum atomic E-state index is -1.37. The molecule has 2 aliphatic rings. The molecule has 4 aromatic rings. The summed E-state index contributed by atoms with van der Waals surface area (Å²) in [6, 6.07) is 11.2. The predicted octanol–water partition coefficient (Wildman–Crippen LogP) is 9.38. The number of thioether (sulfide) groups is 1. The number of carboxylic acids is 1. The average molecular weight is 713 g/mol. The highest BCUT2D eigenvalue weighted by Gasteiger charge is 2.36. The van der Waals surface area contributed by atoms with Crippen molar-refractivity contribution in [1.29, 1.82) is 0 Å². The van der Waals surface area contributed by atoms with E-state index in [2.05, 4.69) is 0 Å². The number of rotatable bonds is 11. The fourth-order valence-corrected chi connectivity index (χ4v) is 7.41. The number of halogens is 4. The smallest absolute Gasteiger partial charge is 0.303 e. The summed E-state index contributed by atoms with van der Waals surface area (Å²) >= 11 is 0.508. The lowest BCUT2D eigenvalue weighted by atomic mass is 9.93. The summed E-state index contributed by atoms with van der Waals surface area (Å²) in [6.45, 7) is 7.58. The van der Waals surface area contributed by atoms with Crippen LogP contribution in [0.4, 0.5) is 17.6 Å². The Labute approximate surface area is 291 Å². The molecule has 4 aromatic carbocycles. The van der Waals surface area contributed by atoms with E-state index in [-0.39, 0.29) is 17.5 Å². The number of carboxylic acid groups (broad SMARTS) is 1. The molecule has 0 saturated carbocycles. The number of benzene rings is 4. The molecule has 6 rings (SSSR count). The van der Waals surface area contributed by atoms with E-state index in [1.807, 2.05) is 27.7 Å². The molecule has 2 heterocycles. The van der Waals surface area contributed by atoms with Gasteiger partial charge in [0.15, 0.2) is 40.4 Å². The monoisotopic (exact) mass is 712 g/mol. The van der Waals surface area contributed by atoms with E-state index in [9.17, 15) is 9.90 Å². The summed E-state index contributed by atoms with van der Waals surface area (Å²) in [5.74, 6) is -4.08. The highest BCUT2D eigenvalue weighted by atomic mass is 32.2. The Morgan fingerprint density at radius 1 is 0.780 bits per heavy atom. The lowest BCUT2D eigenvalue weighted by molar-refractivity contribution is -0.137. The zero-order valence-corrected chi connectivity index (χ0v) is 29.2. The number of carbonyl (C=O) groups is 1. The molecule has 7 nitrogen and oxygen atoms in total. The van der Waals surface area contributed by atoms with Gasteiger partial charge in [-0.1, -0.05) is 23.9 Å². The minimum absolute atomic E-state index is 0.216. The second-order valence-electron chi connectivity index (χ2n) is 13.5. The van der Waals surface area contributed by atoms with Gasteiger partial charge in [0.25, 0.3) is 0 Å². The molecule has 0 fully saturated rings. The van der Waals surface area contributed by atoms with Gasteiger partial charge in [-0.25, -0.2) is 17.6 Å². The fraction of sp³-hybridized carbons (Fsp3) is 0.342. The second kappa shape index (κ2) is 13.3. The van der Waals surface area contributed by atoms with Crippen LogP contribution in [-0.2, 0) is 17.6 Å². The molecule has 12 heteroatoms. The maximum Gasteiger partial charge on any atom is 0.303 e. The predicted molar refractivity (Wildman–Crippen MR) is 181 cm³/mol. The molecule has 264 valence electrons. The van der Waals surface area contributed by atoms with Crippen LogP contribution >= 0.6 is 11.8 Å². The third kappa shape index (κ3) is 6.90. The SMILES string of the molecule is COc1ccc(-c2cc(F)c(OC(CCC(=O)O)Sc3c(F)cc(-c4ccc(OC)c5c4CC(C)(C)O5)cc3F)c(F)c2)c2c1OC(C)(C)C2. The first-order valence-corrected chi connectivity index (χ1v) is 16.8. The van der Waals surface area contributed by atoms with Gasteiger partial charge in [0, 0.05) is 36.8 Å². The van der Waals surface area contributed by atoms with E-state index in [0.29, 0.717) is 58.7 Å². The van der Waals surface area contributed by atoms with E-state index in [1.165, 1.54) is 14.2 Å². The third-order valence-electron chi connectivity index (χ3n) is 8.56. The molecule has 50 heavy (non-hydrogen) atoms. The molecule has 0 saturated heterocycles. The fourth-order valence-electron chi connectivity index (χ4n) is 6.43. The van der Waals surface area contributed by atoms with Gasteiger partial charge >= 0.3 is 5.97 Å². The highest BCUT2D eigenvalue weighted by Crippen LogP contribution is 2.49. The van der Waals surface area contributed by atoms with Crippen LogP contribution < -0.4 is 23.7 Å². The maximum absolute atomic E-state index is 15.7. The molecule has 0 amide bonds. The maximum atomic E-state index is 15.7. The summed E-state index contributed by atoms with van der Waals surface area (Å²) in [6.07, 6.45) is 0.148. The number of aliphatic carboxylic acids is 1. The van der Waals surface area contributed by atoms with Crippen molar-refractivity contribution >= 4 is 17.7 Å². The van der Waals surface area contributed by atoms with Crippen LogP contribution in [-0.4, -0.2) is 41.9 Å². The van der Waals surface area contributed by atoms with Crippen LogP contribution in [0, 0.1) is 23.3 Å². The highest BCUT2D eigenvalue weighted by molar-refractivity contribution is 7.99. The summed E-state index contributed by atoms with van der Waals surface area (Å²) in [5.41, 5.74) is 0.528. The Bertz CT molecular complexity index is 1820. The van der Waals surface area contributed by atoms with Crippen LogP contribution in [0.2, 0.25) is 0 Å². The van der Waals surface area contributed by atoms with Gasteiger partial charge in [0.1, 0.15) is 28.3 Å². The van der Waals surface area contributed by atoms with E-state index in [0.717, 1.165) is 35.4 Å². The summed E-state index contributed by atoms with van der Waals surface area (Å²) in [7, 11) is 3.01. The van der Waals surface area contributed by atoms with Crippen LogP contribution in [0.5, 0.6) is 28.7 Å². The molecule has 0 bridgehead atoms. The van der Waals surface area contributed by atoms with Crippen molar-refractivity contribution in [3.63, 3.8) is 0 Å². The lowest BCUT2D eigenvalue weighted by Crippen LogP contribution is -2.24. The zero-order valence-electron chi connectivity index (χ0n) is 28.3. The van der Waals surface area contributed by atoms with Gasteiger partial charge < -0.3 is 28.8 Å². The summed E-state index contributed by atoms with van der Waals surface area (Å²) in [5, 5.41) is 9.34. The Kier molecular flexibility index (Phi) is 9.36. The van der Waals surface area contributed by atoms with Gasteiger partial charge in [-0.3, -0.25) is 4.79 Å². The van der Waals surface area contributed by atoms with Crippen molar-refractivity contribution in [3.05, 3.63) is 82.9 Å². The molecule has 0 spiro atoms. The number of hydrogen-bond acceptors (Lipinski definition) is 7. The van der Waals surface area contributed by atoms with E-state index < -0.39 is 62.9 Å². The van der Waals surface area contributed by atoms with Crippen LogP contribution in [0.25, 0.3) is 22.3 Å². The van der Waals surface area contributed by atoms with Crippen LogP contribution in [0.3, 0.4) is 0 Å². The van der Waals surface area contributed by atoms with E-state index in [4.69, 9.17) is 23.7 Å². The quantitative estimate of drug-likeness (QED) is 0.0936. The van der Waals surface area contributed by atoms with Crippen LogP contribution in [0.1, 0.15) is 51.7 Å². The Hall–Kier alpha value is -4.58. The summed E-state index contributed by atoms with van der Waals surface area (Å²) in [4.78, 5) is 11.0. The molecule has 0 aliphatic carbocycles. The molecular weight excluding hydrogens is 676 g/mol. The summed E-state index contributed by atoms with van der Waals surface area (Å²) < 4.78 is 91.3. The van der Waals surface area contributed by atoms with Gasteiger partial charge in [0.2, 0.25) is 0 Å². The molecule has 0 aromatic heterocycles. The van der Waals surface area contributed by atoms with Gasteiger partial charge in [0.05, 0.1) is 19.1 Å². The average Bonchev–Trinajstić information content (AvgIpc) is 3.55. The topological polar surface area (TPSA) is 83.5 Å². The van der Waals surface area contributed by atoms with Gasteiger partial charge in [-0.2, -0.15) is 0 Å². The minimum Gasteiger partial charge on any atom is -0.493 e. The first kappa shape index (κ1) is 35.3. The number of ether oxygens (including phenoxy) is 5. The van der Waals surface area contributed by atoms with Crippen molar-refractivity contribution in [2.45, 2.75) is 74.9 Å². The van der Waals surface area contributed by atoms with Crippen LogP contribution in [0.15, 0.2) is 53.4 Å². The zero-order chi connectivity index (χ0) is 36.1. The third-order valence-corrected chi connectivity index (χ3v) is 9.78. The Morgan fingerprint density at radius 2 is 1.22 bits per heavy atom. The number of methoxy groups -OCH3 is 2. The first-order valence-electron chi connectivity index (χ1n) is 15.9. The van der Waals surface area contributed by atoms with Crippen molar-refractivity contribution in [2.75, 3.05) is 14.2 Å². The van der Waals surface area contributed by atoms with E-state index in [1.54, 1.807) is 24.3 Å². The standard InChI is InChI=1S/C38H36F4O7S/c1-37(2)17-23-21(7-9-29(45-5)33(23)48-37)19-13-25(39)35(26(40)14-19)47-32(12-11-31(43)44)50-36-27(41)15-20(16-28(36)42)22-8-10-30(46-6)34-24(22)18-38(3,4)49-34/h7-10,13-16,32H,11-12,17-18H2,1-6H3,(H,43,44). The van der Waals surface area contributed by atoms with Crippen molar-refractivity contribution in [2.24, 2.45) is 0 Å². The molecule has 1 atom stereocenters. The van der Waals surface area contributed by atoms with Gasteiger partial charge in [-0.05, 0) is 86.3 Å². The Balaban J connectivity index is 1.30.